The van der Waals surface area contributed by atoms with Crippen LogP contribution in [0.15, 0.2) is 0 Å². The zero-order chi connectivity index (χ0) is 13.4. The average molecular weight is 250 g/mol. The molecule has 0 heterocycles. The zero-order valence-corrected chi connectivity index (χ0v) is 12.1. The van der Waals surface area contributed by atoms with Crippen LogP contribution in [0.1, 0.15) is 41.5 Å². The van der Waals surface area contributed by atoms with Crippen molar-refractivity contribution in [3.05, 3.63) is 0 Å². The molecule has 0 saturated carbocycles. The third kappa shape index (κ3) is 8.85. The number of amides is 1. The Labute approximate surface area is 102 Å². The van der Waals surface area contributed by atoms with Crippen LogP contribution in [0.5, 0.6) is 0 Å². The van der Waals surface area contributed by atoms with Crippen LogP contribution >= 0.6 is 0 Å². The minimum absolute atomic E-state index is 0.0112. The van der Waals surface area contributed by atoms with Crippen LogP contribution in [-0.2, 0) is 15.8 Å². The molecule has 1 amide bonds. The smallest absolute Gasteiger partial charge is 0.223 e. The minimum atomic E-state index is -1.33. The maximum atomic E-state index is 11.5. The highest BCUT2D eigenvalue weighted by atomic mass is 32.2. The Kier molecular flexibility index (Phi) is 9.77. The zero-order valence-electron chi connectivity index (χ0n) is 11.3. The van der Waals surface area contributed by atoms with E-state index in [1.54, 1.807) is 0 Å². The summed E-state index contributed by atoms with van der Waals surface area (Å²) in [6.07, 6.45) is 0. The van der Waals surface area contributed by atoms with Crippen molar-refractivity contribution in [3.63, 3.8) is 0 Å². The van der Waals surface area contributed by atoms with Gasteiger partial charge in [0, 0.05) is 12.5 Å². The Morgan fingerprint density at radius 2 is 1.81 bits per heavy atom. The molecular formula is C11H26N2O2S. The first kappa shape index (κ1) is 18.0. The second-order valence-electron chi connectivity index (χ2n) is 4.46. The van der Waals surface area contributed by atoms with E-state index in [9.17, 15) is 9.00 Å². The predicted molar refractivity (Wildman–Crippen MR) is 70.2 cm³/mol. The highest BCUT2D eigenvalue weighted by Gasteiger charge is 2.26. The van der Waals surface area contributed by atoms with Crippen molar-refractivity contribution < 1.29 is 9.00 Å². The first-order valence-corrected chi connectivity index (χ1v) is 7.04. The van der Waals surface area contributed by atoms with Crippen molar-refractivity contribution >= 4 is 16.9 Å². The Morgan fingerprint density at radius 1 is 1.38 bits per heavy atom. The molecule has 5 heteroatoms. The van der Waals surface area contributed by atoms with Gasteiger partial charge in [0.2, 0.25) is 5.91 Å². The van der Waals surface area contributed by atoms with Gasteiger partial charge in [-0.3, -0.25) is 9.93 Å². The summed E-state index contributed by atoms with van der Waals surface area (Å²) in [5.74, 6) is 0.236. The number of nitrogens with two attached hydrogens (primary N) is 1. The molecule has 0 aliphatic carbocycles. The molecule has 2 unspecified atom stereocenters. The second kappa shape index (κ2) is 8.70. The fourth-order valence-corrected chi connectivity index (χ4v) is 1.12. The summed E-state index contributed by atoms with van der Waals surface area (Å²) in [5, 5.41) is 7.77. The summed E-state index contributed by atoms with van der Waals surface area (Å²) in [6, 6.07) is 0. The number of carbonyl (C=O) groups is 1. The molecule has 0 saturated heterocycles. The summed E-state index contributed by atoms with van der Waals surface area (Å²) in [5.41, 5.74) is -0.0497. The standard InChI is InChI=1S/C9H20N2O2S.C2H6/c1-7(9(2,3)4)8(12)11-5-6-14(10)13;1-2/h7H,5-6,10H2,1-4H3,(H,11,12);1-2H3. The minimum Gasteiger partial charge on any atom is -0.355 e. The van der Waals surface area contributed by atoms with E-state index < -0.39 is 11.0 Å². The molecule has 0 bridgehead atoms. The van der Waals surface area contributed by atoms with Crippen molar-refractivity contribution in [2.75, 3.05) is 12.3 Å². The first-order chi connectivity index (χ1) is 7.25. The maximum absolute atomic E-state index is 11.5. The lowest BCUT2D eigenvalue weighted by Crippen LogP contribution is -2.38. The van der Waals surface area contributed by atoms with Gasteiger partial charge in [0.15, 0.2) is 0 Å². The van der Waals surface area contributed by atoms with Crippen LogP contribution < -0.4 is 10.5 Å². The van der Waals surface area contributed by atoms with E-state index in [0.29, 0.717) is 12.3 Å². The van der Waals surface area contributed by atoms with Crippen molar-refractivity contribution in [1.29, 1.82) is 0 Å². The van der Waals surface area contributed by atoms with Crippen LogP contribution in [-0.4, -0.2) is 22.4 Å². The van der Waals surface area contributed by atoms with Gasteiger partial charge in [0.25, 0.3) is 0 Å². The molecule has 2 atom stereocenters. The van der Waals surface area contributed by atoms with Crippen molar-refractivity contribution in [2.24, 2.45) is 16.5 Å². The quantitative estimate of drug-likeness (QED) is 0.792. The molecule has 98 valence electrons. The SMILES string of the molecule is CC.CC(C(=O)NCCS(N)=O)C(C)(C)C. The molecule has 0 aliphatic heterocycles. The molecule has 0 radical (unpaired) electrons. The van der Waals surface area contributed by atoms with Gasteiger partial charge < -0.3 is 5.32 Å². The average Bonchev–Trinajstić information content (AvgIpc) is 2.17. The molecule has 4 nitrogen and oxygen atoms in total. The van der Waals surface area contributed by atoms with Gasteiger partial charge in [0.05, 0.1) is 16.7 Å². The summed E-state index contributed by atoms with van der Waals surface area (Å²) >= 11 is 0. The van der Waals surface area contributed by atoms with Gasteiger partial charge in [-0.05, 0) is 5.41 Å². The summed E-state index contributed by atoms with van der Waals surface area (Å²) in [4.78, 5) is 11.5. The van der Waals surface area contributed by atoms with Gasteiger partial charge in [-0.2, -0.15) is 0 Å². The van der Waals surface area contributed by atoms with Crippen molar-refractivity contribution in [3.8, 4) is 0 Å². The number of rotatable bonds is 4. The lowest BCUT2D eigenvalue weighted by Gasteiger charge is -2.25. The summed E-state index contributed by atoms with van der Waals surface area (Å²) in [7, 11) is -1.33. The predicted octanol–water partition coefficient (Wildman–Crippen LogP) is 1.43. The number of carbonyl (C=O) groups excluding carboxylic acids is 1. The van der Waals surface area contributed by atoms with Gasteiger partial charge in [-0.25, -0.2) is 4.21 Å². The molecule has 0 rings (SSSR count). The molecule has 0 fully saturated rings. The lowest BCUT2D eigenvalue weighted by molar-refractivity contribution is -0.127. The van der Waals surface area contributed by atoms with E-state index in [2.05, 4.69) is 5.32 Å². The largest absolute Gasteiger partial charge is 0.355 e. The van der Waals surface area contributed by atoms with Crippen LogP contribution in [0.3, 0.4) is 0 Å². The van der Waals surface area contributed by atoms with Crippen LogP contribution in [0.2, 0.25) is 0 Å². The Bertz CT molecular complexity index is 225. The Balaban J connectivity index is 0. The third-order valence-corrected chi connectivity index (χ3v) is 2.90. The van der Waals surface area contributed by atoms with E-state index in [0.717, 1.165) is 0 Å². The summed E-state index contributed by atoms with van der Waals surface area (Å²) < 4.78 is 10.5. The van der Waals surface area contributed by atoms with Crippen molar-refractivity contribution in [2.45, 2.75) is 41.5 Å². The molecule has 0 aromatic rings. The first-order valence-electron chi connectivity index (χ1n) is 5.65. The summed E-state index contributed by atoms with van der Waals surface area (Å²) in [6.45, 7) is 12.3. The topological polar surface area (TPSA) is 72.2 Å². The number of nitrogens with one attached hydrogen (secondary N) is 1. The van der Waals surface area contributed by atoms with E-state index >= 15 is 0 Å². The molecule has 0 aromatic carbocycles. The number of hydrogen-bond acceptors (Lipinski definition) is 2. The monoisotopic (exact) mass is 250 g/mol. The second-order valence-corrected chi connectivity index (χ2v) is 5.63. The molecule has 0 aliphatic rings. The molecule has 16 heavy (non-hydrogen) atoms. The van der Waals surface area contributed by atoms with Gasteiger partial charge >= 0.3 is 0 Å². The van der Waals surface area contributed by atoms with E-state index in [-0.39, 0.29) is 17.2 Å². The maximum Gasteiger partial charge on any atom is 0.223 e. The van der Waals surface area contributed by atoms with Crippen molar-refractivity contribution in [1.82, 2.24) is 5.32 Å². The molecule has 3 N–H and O–H groups in total. The lowest BCUT2D eigenvalue weighted by atomic mass is 9.81. The Morgan fingerprint density at radius 3 is 2.12 bits per heavy atom. The fourth-order valence-electron chi connectivity index (χ4n) is 0.821. The highest BCUT2D eigenvalue weighted by Crippen LogP contribution is 2.24. The highest BCUT2D eigenvalue weighted by molar-refractivity contribution is 7.82. The van der Waals surface area contributed by atoms with Gasteiger partial charge in [-0.15, -0.1) is 0 Å². The van der Waals surface area contributed by atoms with Gasteiger partial charge in [0.1, 0.15) is 0 Å². The normalized spacial score (nSPS) is 14.4. The molecule has 0 spiro atoms. The van der Waals surface area contributed by atoms with E-state index in [4.69, 9.17) is 5.14 Å². The van der Waals surface area contributed by atoms with E-state index in [1.165, 1.54) is 0 Å². The third-order valence-electron chi connectivity index (χ3n) is 2.29. The number of hydrogen-bond donors (Lipinski definition) is 2. The molecule has 0 aromatic heterocycles. The van der Waals surface area contributed by atoms with E-state index in [1.807, 2.05) is 41.5 Å². The fraction of sp³-hybridized carbons (Fsp3) is 0.909. The van der Waals surface area contributed by atoms with Crippen LogP contribution in [0.25, 0.3) is 0 Å². The van der Waals surface area contributed by atoms with Crippen LogP contribution in [0, 0.1) is 11.3 Å². The Hall–Kier alpha value is -0.420. The molecular weight excluding hydrogens is 224 g/mol. The van der Waals surface area contributed by atoms with Crippen LogP contribution in [0.4, 0.5) is 0 Å². The van der Waals surface area contributed by atoms with Gasteiger partial charge in [-0.1, -0.05) is 41.5 Å².